The van der Waals surface area contributed by atoms with Crippen LogP contribution >= 0.6 is 0 Å². The van der Waals surface area contributed by atoms with E-state index in [-0.39, 0.29) is 34.6 Å². The maximum atomic E-state index is 15.8. The van der Waals surface area contributed by atoms with Crippen LogP contribution in [0.5, 0.6) is 11.5 Å². The summed E-state index contributed by atoms with van der Waals surface area (Å²) in [4.78, 5) is 46.8. The number of fused-ring (bicyclic) bond motifs is 1. The fourth-order valence-electron chi connectivity index (χ4n) is 6.22. The average Bonchev–Trinajstić information content (AvgIpc) is 3.13. The third-order valence-corrected chi connectivity index (χ3v) is 8.85. The zero-order valence-corrected chi connectivity index (χ0v) is 28.5. The van der Waals surface area contributed by atoms with Gasteiger partial charge in [0.25, 0.3) is 5.56 Å². The van der Waals surface area contributed by atoms with Crippen molar-refractivity contribution in [2.24, 2.45) is 0 Å². The van der Waals surface area contributed by atoms with Gasteiger partial charge in [0.05, 0.1) is 50.4 Å². The number of rotatable bonds is 10. The molecule has 0 saturated carbocycles. The Morgan fingerprint density at radius 1 is 1.02 bits per heavy atom. The van der Waals surface area contributed by atoms with E-state index in [1.165, 1.54) is 31.0 Å². The monoisotopic (exact) mass is 690 g/mol. The summed E-state index contributed by atoms with van der Waals surface area (Å²) in [6, 6.07) is 5.79. The summed E-state index contributed by atoms with van der Waals surface area (Å²) in [5.41, 5.74) is -0.232. The van der Waals surface area contributed by atoms with E-state index in [1.54, 1.807) is 23.2 Å². The number of amides is 1. The van der Waals surface area contributed by atoms with Crippen molar-refractivity contribution in [1.82, 2.24) is 29.3 Å². The molecule has 0 radical (unpaired) electrons. The van der Waals surface area contributed by atoms with Crippen molar-refractivity contribution in [2.75, 3.05) is 84.5 Å². The van der Waals surface area contributed by atoms with Crippen LogP contribution in [-0.4, -0.2) is 109 Å². The third kappa shape index (κ3) is 7.23. The summed E-state index contributed by atoms with van der Waals surface area (Å²) in [7, 11) is 6.32. The van der Waals surface area contributed by atoms with E-state index in [0.29, 0.717) is 56.9 Å². The number of carbonyl (C=O) groups is 1. The number of methoxy groups -OCH3 is 2. The van der Waals surface area contributed by atoms with Crippen LogP contribution in [0.25, 0.3) is 22.2 Å². The zero-order chi connectivity index (χ0) is 35.4. The first-order valence-electron chi connectivity index (χ1n) is 16.4. The molecule has 0 spiro atoms. The van der Waals surface area contributed by atoms with Crippen LogP contribution < -0.4 is 25.2 Å². The van der Waals surface area contributed by atoms with E-state index < -0.39 is 28.8 Å². The first-order valence-corrected chi connectivity index (χ1v) is 16.4. The molecule has 0 bridgehead atoms. The van der Waals surface area contributed by atoms with Crippen LogP contribution in [0, 0.1) is 11.6 Å². The van der Waals surface area contributed by atoms with Crippen LogP contribution in [0.3, 0.4) is 0 Å². The minimum Gasteiger partial charge on any atom is -0.494 e. The molecular weight excluding hydrogens is 650 g/mol. The quantitative estimate of drug-likeness (QED) is 0.243. The number of halogens is 2. The Morgan fingerprint density at radius 3 is 2.34 bits per heavy atom. The second-order valence-corrected chi connectivity index (χ2v) is 12.3. The van der Waals surface area contributed by atoms with Crippen molar-refractivity contribution >= 4 is 34.4 Å². The van der Waals surface area contributed by atoms with Crippen molar-refractivity contribution in [3.8, 4) is 22.6 Å². The van der Waals surface area contributed by atoms with Crippen molar-refractivity contribution in [3.05, 3.63) is 70.8 Å². The van der Waals surface area contributed by atoms with Gasteiger partial charge < -0.3 is 34.2 Å². The van der Waals surface area contributed by atoms with Crippen molar-refractivity contribution < 1.29 is 27.8 Å². The smallest absolute Gasteiger partial charge is 0.260 e. The molecule has 50 heavy (non-hydrogen) atoms. The lowest BCUT2D eigenvalue weighted by molar-refractivity contribution is -0.127. The summed E-state index contributed by atoms with van der Waals surface area (Å²) in [6.07, 6.45) is 7.43. The number of anilines is 3. The molecule has 0 unspecified atom stereocenters. The maximum Gasteiger partial charge on any atom is 0.260 e. The number of carbonyl (C=O) groups excluding carboxylic acids is 1. The van der Waals surface area contributed by atoms with Crippen molar-refractivity contribution in [1.29, 1.82) is 0 Å². The number of pyridine rings is 2. The van der Waals surface area contributed by atoms with E-state index in [0.717, 1.165) is 24.8 Å². The molecule has 15 heteroatoms. The first kappa shape index (κ1) is 34.7. The van der Waals surface area contributed by atoms with E-state index in [4.69, 9.17) is 19.2 Å². The summed E-state index contributed by atoms with van der Waals surface area (Å²) in [5.74, 6) is -2.07. The van der Waals surface area contributed by atoms with Gasteiger partial charge in [-0.05, 0) is 45.1 Å². The number of hydrogen-bond donors (Lipinski definition) is 1. The maximum absolute atomic E-state index is 15.8. The molecule has 264 valence electrons. The molecule has 2 aliphatic heterocycles. The Balaban J connectivity index is 1.38. The number of nitrogens with one attached hydrogen (secondary N) is 1. The predicted octanol–water partition coefficient (Wildman–Crippen LogP) is 4.01. The molecule has 1 aromatic carbocycles. The van der Waals surface area contributed by atoms with Gasteiger partial charge in [-0.2, -0.15) is 4.98 Å². The Labute approximate surface area is 288 Å². The number of hydrogen-bond acceptors (Lipinski definition) is 11. The van der Waals surface area contributed by atoms with E-state index in [1.807, 2.05) is 31.1 Å². The lowest BCUT2D eigenvalue weighted by Crippen LogP contribution is -2.40. The highest BCUT2D eigenvalue weighted by molar-refractivity contribution is 5.87. The highest BCUT2D eigenvalue weighted by atomic mass is 19.1. The van der Waals surface area contributed by atoms with Crippen LogP contribution in [-0.2, 0) is 9.53 Å². The fraction of sp³-hybridized carbons (Fsp3) is 0.400. The second kappa shape index (κ2) is 15.2. The van der Waals surface area contributed by atoms with Crippen molar-refractivity contribution in [3.63, 3.8) is 0 Å². The lowest BCUT2D eigenvalue weighted by atomic mass is 10.0. The molecule has 1 N–H and O–H groups in total. The second-order valence-electron chi connectivity index (χ2n) is 12.3. The Bertz CT molecular complexity index is 1910. The van der Waals surface area contributed by atoms with Gasteiger partial charge >= 0.3 is 0 Å². The average molecular weight is 691 g/mol. The highest BCUT2D eigenvalue weighted by Crippen LogP contribution is 2.38. The van der Waals surface area contributed by atoms with Gasteiger partial charge in [0, 0.05) is 62.5 Å². The number of nitrogens with zero attached hydrogens (tertiary/aromatic N) is 7. The van der Waals surface area contributed by atoms with Gasteiger partial charge in [0.15, 0.2) is 23.1 Å². The number of piperidine rings is 1. The van der Waals surface area contributed by atoms with Gasteiger partial charge in [-0.3, -0.25) is 14.2 Å². The Hall–Kier alpha value is -5.15. The van der Waals surface area contributed by atoms with Crippen LogP contribution in [0.15, 0.2) is 53.6 Å². The SMILES string of the molecule is COc1cc(OC)c(F)c(-c2cc3cnc(Nc4ccc(N5CCOCC5)cn4)nc3n(C3CCN(C(=O)/C=C/CN(C)C)CC3)c2=O)c1F. The molecule has 3 aromatic heterocycles. The minimum absolute atomic E-state index is 0.121. The molecule has 0 atom stereocenters. The highest BCUT2D eigenvalue weighted by Gasteiger charge is 2.30. The molecule has 13 nitrogen and oxygen atoms in total. The summed E-state index contributed by atoms with van der Waals surface area (Å²) < 4.78 is 48.7. The molecule has 5 heterocycles. The molecule has 4 aromatic rings. The Morgan fingerprint density at radius 2 is 1.72 bits per heavy atom. The van der Waals surface area contributed by atoms with Gasteiger partial charge in [0.2, 0.25) is 11.9 Å². The molecule has 2 fully saturated rings. The normalized spacial score (nSPS) is 15.7. The number of benzene rings is 1. The number of likely N-dealkylation sites (N-methyl/N-ethyl adjacent to an activating group) is 1. The summed E-state index contributed by atoms with van der Waals surface area (Å²) in [6.45, 7) is 4.24. The van der Waals surface area contributed by atoms with E-state index in [2.05, 4.69) is 20.2 Å². The summed E-state index contributed by atoms with van der Waals surface area (Å²) in [5, 5.41) is 3.49. The minimum atomic E-state index is -1.04. The molecule has 0 aliphatic carbocycles. The van der Waals surface area contributed by atoms with Gasteiger partial charge in [-0.25, -0.2) is 18.7 Å². The molecule has 6 rings (SSSR count). The van der Waals surface area contributed by atoms with E-state index in [9.17, 15) is 9.59 Å². The predicted molar refractivity (Wildman–Crippen MR) is 185 cm³/mol. The largest absolute Gasteiger partial charge is 0.494 e. The number of likely N-dealkylation sites (tertiary alicyclic amines) is 1. The van der Waals surface area contributed by atoms with E-state index >= 15 is 8.78 Å². The van der Waals surface area contributed by atoms with Gasteiger partial charge in [-0.1, -0.05) is 6.08 Å². The number of aromatic nitrogens is 4. The molecule has 2 aliphatic rings. The van der Waals surface area contributed by atoms with Crippen LogP contribution in [0.4, 0.5) is 26.2 Å². The fourth-order valence-corrected chi connectivity index (χ4v) is 6.22. The van der Waals surface area contributed by atoms with Crippen LogP contribution in [0.1, 0.15) is 18.9 Å². The molecule has 1 amide bonds. The van der Waals surface area contributed by atoms with Gasteiger partial charge in [-0.15, -0.1) is 0 Å². The number of ether oxygens (including phenoxy) is 3. The topological polar surface area (TPSA) is 127 Å². The number of morpholine rings is 1. The third-order valence-electron chi connectivity index (χ3n) is 8.85. The zero-order valence-electron chi connectivity index (χ0n) is 28.5. The lowest BCUT2D eigenvalue weighted by Gasteiger charge is -2.33. The van der Waals surface area contributed by atoms with Gasteiger partial charge in [0.1, 0.15) is 11.5 Å². The first-order chi connectivity index (χ1) is 24.2. The van der Waals surface area contributed by atoms with Crippen molar-refractivity contribution in [2.45, 2.75) is 18.9 Å². The molecule has 2 saturated heterocycles. The van der Waals surface area contributed by atoms with Crippen LogP contribution in [0.2, 0.25) is 0 Å². The standard InChI is InChI=1S/C35H40F2N8O5/c1-42(2)11-5-6-29(46)44-12-9-23(10-13-44)45-33-22(18-25(34(45)47)30-31(36)26(48-3)19-27(49-4)32(30)37)20-39-35(41-33)40-28-8-7-24(21-38-28)43-14-16-50-17-15-43/h5-8,18-21,23H,9-17H2,1-4H3,(H,38,39,40,41)/b6-5+. The molecular formula is C35H40F2N8O5. The Kier molecular flexibility index (Phi) is 10.5. The summed E-state index contributed by atoms with van der Waals surface area (Å²) >= 11 is 0.